The molecule has 0 saturated heterocycles. The number of benzene rings is 1. The second-order valence-electron chi connectivity index (χ2n) is 6.91. The minimum atomic E-state index is -0.0224. The number of nitrogens with one attached hydrogen (secondary N) is 2. The summed E-state index contributed by atoms with van der Waals surface area (Å²) in [5, 5.41) is 10.8. The lowest BCUT2D eigenvalue weighted by molar-refractivity contribution is 0.0969. The van der Waals surface area contributed by atoms with Crippen LogP contribution in [0.2, 0.25) is 0 Å². The molecule has 6 nitrogen and oxygen atoms in total. The van der Waals surface area contributed by atoms with E-state index < -0.39 is 0 Å². The van der Waals surface area contributed by atoms with Crippen LogP contribution in [0.4, 0.5) is 5.69 Å². The minimum Gasteiger partial charge on any atom is -0.497 e. The number of amides is 1. The maximum atomic E-state index is 13.4. The summed E-state index contributed by atoms with van der Waals surface area (Å²) in [7, 11) is 1.65. The van der Waals surface area contributed by atoms with Crippen LogP contribution in [0, 0.1) is 5.92 Å². The number of fused-ring (bicyclic) bond motifs is 1. The Morgan fingerprint density at radius 2 is 2.08 bits per heavy atom. The van der Waals surface area contributed by atoms with Gasteiger partial charge in [0.05, 0.1) is 7.11 Å². The Labute approximate surface area is 147 Å². The largest absolute Gasteiger partial charge is 0.497 e. The van der Waals surface area contributed by atoms with Crippen molar-refractivity contribution in [2.75, 3.05) is 18.6 Å². The average molecular weight is 340 g/mol. The molecule has 2 heterocycles. The number of aromatic nitrogens is 2. The van der Waals surface area contributed by atoms with E-state index in [-0.39, 0.29) is 11.9 Å². The Morgan fingerprint density at radius 1 is 1.32 bits per heavy atom. The van der Waals surface area contributed by atoms with Crippen molar-refractivity contribution < 1.29 is 9.53 Å². The van der Waals surface area contributed by atoms with E-state index in [0.29, 0.717) is 18.2 Å². The van der Waals surface area contributed by atoms with Gasteiger partial charge in [0.1, 0.15) is 5.75 Å². The van der Waals surface area contributed by atoms with Crippen molar-refractivity contribution in [3.63, 3.8) is 0 Å². The number of carbonyl (C=O) groups excluding carboxylic acids is 1. The summed E-state index contributed by atoms with van der Waals surface area (Å²) >= 11 is 0. The van der Waals surface area contributed by atoms with Crippen molar-refractivity contribution >= 4 is 11.6 Å². The van der Waals surface area contributed by atoms with E-state index in [1.807, 2.05) is 29.2 Å². The third-order valence-corrected chi connectivity index (χ3v) is 5.29. The third-order valence-electron chi connectivity index (χ3n) is 5.29. The van der Waals surface area contributed by atoms with Crippen molar-refractivity contribution in [1.29, 1.82) is 0 Å². The normalized spacial score (nSPS) is 17.7. The highest BCUT2D eigenvalue weighted by molar-refractivity contribution is 6.06. The van der Waals surface area contributed by atoms with Crippen molar-refractivity contribution in [1.82, 2.24) is 15.5 Å². The van der Waals surface area contributed by atoms with E-state index >= 15 is 0 Å². The number of methoxy groups -OCH3 is 1. The first-order valence-electron chi connectivity index (χ1n) is 8.93. The smallest absolute Gasteiger partial charge is 0.279 e. The van der Waals surface area contributed by atoms with Crippen LogP contribution in [0.25, 0.3) is 0 Å². The Hall–Kier alpha value is -2.34. The van der Waals surface area contributed by atoms with Gasteiger partial charge in [0.15, 0.2) is 5.69 Å². The number of hydrogen-bond acceptors (Lipinski definition) is 4. The van der Waals surface area contributed by atoms with Crippen LogP contribution in [-0.4, -0.2) is 35.8 Å². The summed E-state index contributed by atoms with van der Waals surface area (Å²) in [5.74, 6) is 1.33. The summed E-state index contributed by atoms with van der Waals surface area (Å²) in [6.45, 7) is 3.75. The first-order chi connectivity index (χ1) is 12.2. The number of anilines is 1. The van der Waals surface area contributed by atoms with Crippen molar-refractivity contribution in [2.24, 2.45) is 5.92 Å². The van der Waals surface area contributed by atoms with E-state index in [2.05, 4.69) is 22.4 Å². The fraction of sp³-hybridized carbons (Fsp3) is 0.474. The zero-order valence-corrected chi connectivity index (χ0v) is 14.7. The van der Waals surface area contributed by atoms with E-state index in [1.165, 1.54) is 12.8 Å². The topological polar surface area (TPSA) is 70.2 Å². The van der Waals surface area contributed by atoms with Crippen LogP contribution in [0.15, 0.2) is 24.3 Å². The molecule has 25 heavy (non-hydrogen) atoms. The summed E-state index contributed by atoms with van der Waals surface area (Å²) in [4.78, 5) is 15.3. The fourth-order valence-electron chi connectivity index (χ4n) is 3.59. The maximum Gasteiger partial charge on any atom is 0.279 e. The Bertz CT molecular complexity index is 764. The summed E-state index contributed by atoms with van der Waals surface area (Å²) < 4.78 is 5.25. The van der Waals surface area contributed by atoms with Gasteiger partial charge in [-0.1, -0.05) is 0 Å². The van der Waals surface area contributed by atoms with Crippen molar-refractivity contribution in [3.8, 4) is 5.75 Å². The molecule has 0 radical (unpaired) electrons. The number of carbonyl (C=O) groups is 1. The van der Waals surface area contributed by atoms with Gasteiger partial charge < -0.3 is 15.0 Å². The zero-order valence-electron chi connectivity index (χ0n) is 14.7. The van der Waals surface area contributed by atoms with Crippen molar-refractivity contribution in [2.45, 2.75) is 38.8 Å². The van der Waals surface area contributed by atoms with Crippen LogP contribution < -0.4 is 15.0 Å². The number of rotatable bonds is 5. The SMILES string of the molecule is COc1ccc(N(C(=O)c2n[nH]c3c2CNCC3)C(C)C2CC2)cc1. The molecule has 0 spiro atoms. The molecule has 1 amide bonds. The number of aromatic amines is 1. The molecule has 1 aromatic heterocycles. The predicted octanol–water partition coefficient (Wildman–Crippen LogP) is 2.51. The summed E-state index contributed by atoms with van der Waals surface area (Å²) in [6.07, 6.45) is 3.25. The van der Waals surface area contributed by atoms with Crippen LogP contribution >= 0.6 is 0 Å². The van der Waals surface area contributed by atoms with Crippen LogP contribution in [0.1, 0.15) is 41.5 Å². The van der Waals surface area contributed by atoms with Gasteiger partial charge in [0.25, 0.3) is 5.91 Å². The summed E-state index contributed by atoms with van der Waals surface area (Å²) in [6, 6.07) is 7.86. The molecular formula is C19H24N4O2. The van der Waals surface area contributed by atoms with Crippen LogP contribution in [0.3, 0.4) is 0 Å². The molecule has 1 atom stereocenters. The molecule has 1 aliphatic heterocycles. The third kappa shape index (κ3) is 3.02. The standard InChI is InChI=1S/C19H24N4O2/c1-12(13-3-4-13)23(14-5-7-15(25-2)8-6-14)19(24)18-16-11-20-10-9-17(16)21-22-18/h5-8,12-13,20H,3-4,9-11H2,1-2H3,(H,21,22). The molecule has 1 fully saturated rings. The van der Waals surface area contributed by atoms with Gasteiger partial charge in [-0.2, -0.15) is 5.10 Å². The quantitative estimate of drug-likeness (QED) is 0.877. The number of hydrogen-bond donors (Lipinski definition) is 2. The maximum absolute atomic E-state index is 13.4. The van der Waals surface area contributed by atoms with Crippen molar-refractivity contribution in [3.05, 3.63) is 41.2 Å². The molecule has 2 aliphatic rings. The lowest BCUT2D eigenvalue weighted by Crippen LogP contribution is -2.41. The van der Waals surface area contributed by atoms with Crippen LogP contribution in [-0.2, 0) is 13.0 Å². The molecule has 132 valence electrons. The second kappa shape index (κ2) is 6.52. The highest BCUT2D eigenvalue weighted by Gasteiger charge is 2.37. The van der Waals surface area contributed by atoms with E-state index in [4.69, 9.17) is 4.74 Å². The lowest BCUT2D eigenvalue weighted by atomic mass is 10.0. The Kier molecular flexibility index (Phi) is 4.21. The molecule has 1 unspecified atom stereocenters. The minimum absolute atomic E-state index is 0.0224. The first kappa shape index (κ1) is 16.1. The van der Waals surface area contributed by atoms with Gasteiger partial charge in [-0.3, -0.25) is 9.89 Å². The van der Waals surface area contributed by atoms with Gasteiger partial charge in [0.2, 0.25) is 0 Å². The zero-order chi connectivity index (χ0) is 17.4. The highest BCUT2D eigenvalue weighted by atomic mass is 16.5. The van der Waals surface area contributed by atoms with E-state index in [0.717, 1.165) is 35.7 Å². The molecule has 1 saturated carbocycles. The Balaban J connectivity index is 1.69. The molecule has 1 aromatic carbocycles. The fourth-order valence-corrected chi connectivity index (χ4v) is 3.59. The number of ether oxygens (including phenoxy) is 1. The molecule has 2 aromatic rings. The first-order valence-corrected chi connectivity index (χ1v) is 8.93. The van der Waals surface area contributed by atoms with Gasteiger partial charge in [-0.05, 0) is 49.9 Å². The molecule has 2 N–H and O–H groups in total. The summed E-state index contributed by atoms with van der Waals surface area (Å²) in [5.41, 5.74) is 3.53. The lowest BCUT2D eigenvalue weighted by Gasteiger charge is -2.29. The van der Waals surface area contributed by atoms with Gasteiger partial charge in [0, 0.05) is 42.5 Å². The molecule has 1 aliphatic carbocycles. The number of nitrogens with zero attached hydrogens (tertiary/aromatic N) is 2. The molecule has 6 heteroatoms. The number of H-pyrrole nitrogens is 1. The van der Waals surface area contributed by atoms with Gasteiger partial charge in [-0.15, -0.1) is 0 Å². The van der Waals surface area contributed by atoms with E-state index in [1.54, 1.807) is 7.11 Å². The molecule has 4 rings (SSSR count). The second-order valence-corrected chi connectivity index (χ2v) is 6.91. The van der Waals surface area contributed by atoms with Gasteiger partial charge in [-0.25, -0.2) is 0 Å². The van der Waals surface area contributed by atoms with Gasteiger partial charge >= 0.3 is 0 Å². The van der Waals surface area contributed by atoms with E-state index in [9.17, 15) is 4.79 Å². The monoisotopic (exact) mass is 340 g/mol. The Morgan fingerprint density at radius 3 is 2.76 bits per heavy atom. The molecular weight excluding hydrogens is 316 g/mol. The average Bonchev–Trinajstić information content (AvgIpc) is 3.41. The predicted molar refractivity (Wildman–Crippen MR) is 96.0 cm³/mol. The highest BCUT2D eigenvalue weighted by Crippen LogP contribution is 2.38. The molecule has 0 bridgehead atoms. The van der Waals surface area contributed by atoms with Crippen LogP contribution in [0.5, 0.6) is 5.75 Å².